The Kier molecular flexibility index (Phi) is 4.14. The van der Waals surface area contributed by atoms with Gasteiger partial charge < -0.3 is 4.90 Å². The summed E-state index contributed by atoms with van der Waals surface area (Å²) in [7, 11) is 0. The van der Waals surface area contributed by atoms with Gasteiger partial charge in [-0.25, -0.2) is 4.98 Å². The molecule has 0 aliphatic carbocycles. The van der Waals surface area contributed by atoms with Gasteiger partial charge in [-0.3, -0.25) is 9.69 Å². The van der Waals surface area contributed by atoms with Gasteiger partial charge in [0.05, 0.1) is 5.51 Å². The van der Waals surface area contributed by atoms with E-state index < -0.39 is 0 Å². The summed E-state index contributed by atoms with van der Waals surface area (Å²) in [5, 5.41) is 1.85. The minimum atomic E-state index is 0.101. The number of benzene rings is 1. The lowest BCUT2D eigenvalue weighted by atomic mass is 9.72. The maximum absolute atomic E-state index is 12.3. The molecule has 1 aromatic carbocycles. The van der Waals surface area contributed by atoms with E-state index in [0.717, 1.165) is 32.7 Å². The third-order valence-electron chi connectivity index (χ3n) is 5.56. The molecule has 0 unspecified atom stereocenters. The van der Waals surface area contributed by atoms with Crippen molar-refractivity contribution in [1.82, 2.24) is 14.8 Å². The van der Waals surface area contributed by atoms with Crippen molar-refractivity contribution in [1.29, 1.82) is 0 Å². The number of hydrogen-bond donors (Lipinski definition) is 0. The second-order valence-electron chi connectivity index (χ2n) is 7.24. The van der Waals surface area contributed by atoms with Gasteiger partial charge in [-0.05, 0) is 44.0 Å². The summed E-state index contributed by atoms with van der Waals surface area (Å²) in [6.07, 6.45) is 2.39. The lowest BCUT2D eigenvalue weighted by Gasteiger charge is -2.53. The van der Waals surface area contributed by atoms with Crippen molar-refractivity contribution < 1.29 is 4.79 Å². The zero-order valence-electron chi connectivity index (χ0n) is 14.1. The normalized spacial score (nSPS) is 20.1. The number of aromatic nitrogens is 1. The van der Waals surface area contributed by atoms with Crippen LogP contribution in [0, 0.1) is 12.3 Å². The predicted molar refractivity (Wildman–Crippen MR) is 96.1 cm³/mol. The van der Waals surface area contributed by atoms with Crippen molar-refractivity contribution in [3.05, 3.63) is 52.0 Å². The van der Waals surface area contributed by atoms with E-state index in [2.05, 4.69) is 41.1 Å². The first-order chi connectivity index (χ1) is 11.7. The van der Waals surface area contributed by atoms with Crippen LogP contribution < -0.4 is 0 Å². The van der Waals surface area contributed by atoms with Gasteiger partial charge in [-0.15, -0.1) is 11.3 Å². The van der Waals surface area contributed by atoms with Crippen LogP contribution in [-0.4, -0.2) is 46.9 Å². The molecule has 0 N–H and O–H groups in total. The highest BCUT2D eigenvalue weighted by Gasteiger charge is 2.46. The van der Waals surface area contributed by atoms with Crippen LogP contribution in [0.15, 0.2) is 35.2 Å². The standard InChI is InChI=1S/C19H23N3OS/c1-15-4-2-3-5-16(15)10-21-8-6-19(7-9-21)12-22(13-19)18(23)17-11-24-14-20-17/h2-5,11,14H,6-10,12-13H2,1H3. The topological polar surface area (TPSA) is 36.4 Å². The van der Waals surface area contributed by atoms with Crippen LogP contribution in [0.2, 0.25) is 0 Å². The molecule has 0 radical (unpaired) electrons. The fourth-order valence-electron chi connectivity index (χ4n) is 3.92. The Balaban J connectivity index is 1.30. The van der Waals surface area contributed by atoms with Crippen molar-refractivity contribution >= 4 is 17.2 Å². The molecule has 2 aliphatic heterocycles. The van der Waals surface area contributed by atoms with E-state index in [1.807, 2.05) is 10.3 Å². The molecule has 1 aromatic heterocycles. The van der Waals surface area contributed by atoms with Crippen molar-refractivity contribution in [2.24, 2.45) is 5.41 Å². The Labute approximate surface area is 147 Å². The van der Waals surface area contributed by atoms with Crippen LogP contribution in [0.1, 0.15) is 34.5 Å². The molecule has 4 nitrogen and oxygen atoms in total. The van der Waals surface area contributed by atoms with Crippen molar-refractivity contribution in [3.63, 3.8) is 0 Å². The first-order valence-corrected chi connectivity index (χ1v) is 9.54. The number of aryl methyl sites for hydroxylation is 1. The Morgan fingerprint density at radius 2 is 2.00 bits per heavy atom. The van der Waals surface area contributed by atoms with Crippen molar-refractivity contribution in [2.45, 2.75) is 26.3 Å². The average molecular weight is 341 g/mol. The number of hydrogen-bond acceptors (Lipinski definition) is 4. The average Bonchev–Trinajstić information content (AvgIpc) is 3.10. The Hall–Kier alpha value is -1.72. The largest absolute Gasteiger partial charge is 0.336 e. The summed E-state index contributed by atoms with van der Waals surface area (Å²) in [4.78, 5) is 21.0. The van der Waals surface area contributed by atoms with Crippen LogP contribution in [0.25, 0.3) is 0 Å². The monoisotopic (exact) mass is 341 g/mol. The molecule has 1 spiro atoms. The second kappa shape index (κ2) is 6.30. The van der Waals surface area contributed by atoms with Gasteiger partial charge in [-0.2, -0.15) is 0 Å². The molecule has 126 valence electrons. The van der Waals surface area contributed by atoms with Crippen LogP contribution in [0.3, 0.4) is 0 Å². The maximum atomic E-state index is 12.3. The van der Waals surface area contributed by atoms with Crippen molar-refractivity contribution in [2.75, 3.05) is 26.2 Å². The first-order valence-electron chi connectivity index (χ1n) is 8.60. The number of likely N-dealkylation sites (tertiary alicyclic amines) is 2. The SMILES string of the molecule is Cc1ccccc1CN1CCC2(CC1)CN(C(=O)c1cscn1)C2. The van der Waals surface area contributed by atoms with Gasteiger partial charge in [0, 0.05) is 30.4 Å². The van der Waals surface area contributed by atoms with E-state index >= 15 is 0 Å². The number of nitrogens with zero attached hydrogens (tertiary/aromatic N) is 3. The molecule has 1 amide bonds. The summed E-state index contributed by atoms with van der Waals surface area (Å²) >= 11 is 1.48. The maximum Gasteiger partial charge on any atom is 0.273 e. The first kappa shape index (κ1) is 15.8. The van der Waals surface area contributed by atoms with Crippen LogP contribution in [-0.2, 0) is 6.54 Å². The number of carbonyl (C=O) groups is 1. The molecule has 2 aliphatic rings. The molecule has 0 saturated carbocycles. The lowest BCUT2D eigenvalue weighted by molar-refractivity contribution is -0.0338. The van der Waals surface area contributed by atoms with Gasteiger partial charge in [-0.1, -0.05) is 24.3 Å². The van der Waals surface area contributed by atoms with E-state index in [1.165, 1.54) is 35.3 Å². The fraction of sp³-hybridized carbons (Fsp3) is 0.474. The summed E-state index contributed by atoms with van der Waals surface area (Å²) in [5.74, 6) is 0.101. The second-order valence-corrected chi connectivity index (χ2v) is 7.96. The smallest absolute Gasteiger partial charge is 0.273 e. The summed E-state index contributed by atoms with van der Waals surface area (Å²) in [6.45, 7) is 7.31. The summed E-state index contributed by atoms with van der Waals surface area (Å²) in [5.41, 5.74) is 5.50. The van der Waals surface area contributed by atoms with E-state index in [4.69, 9.17) is 0 Å². The van der Waals surface area contributed by atoms with E-state index in [-0.39, 0.29) is 5.91 Å². The molecule has 2 fully saturated rings. The van der Waals surface area contributed by atoms with Gasteiger partial charge in [0.1, 0.15) is 5.69 Å². The molecule has 0 bridgehead atoms. The third kappa shape index (κ3) is 2.98. The van der Waals surface area contributed by atoms with Gasteiger partial charge in [0.25, 0.3) is 5.91 Å². The van der Waals surface area contributed by atoms with Crippen LogP contribution in [0.4, 0.5) is 0 Å². The molecular weight excluding hydrogens is 318 g/mol. The highest BCUT2D eigenvalue weighted by molar-refractivity contribution is 7.07. The van der Waals surface area contributed by atoms with Gasteiger partial charge in [0.2, 0.25) is 0 Å². The Bertz CT molecular complexity index is 712. The fourth-order valence-corrected chi connectivity index (χ4v) is 4.44. The quantitative estimate of drug-likeness (QED) is 0.860. The number of carbonyl (C=O) groups excluding carboxylic acids is 1. The number of piperidine rings is 1. The minimum Gasteiger partial charge on any atom is -0.336 e. The van der Waals surface area contributed by atoms with Gasteiger partial charge >= 0.3 is 0 Å². The molecule has 2 saturated heterocycles. The Morgan fingerprint density at radius 1 is 1.25 bits per heavy atom. The summed E-state index contributed by atoms with van der Waals surface area (Å²) in [6, 6.07) is 8.65. The highest BCUT2D eigenvalue weighted by Crippen LogP contribution is 2.41. The molecular formula is C19H23N3OS. The molecule has 0 atom stereocenters. The Morgan fingerprint density at radius 3 is 2.67 bits per heavy atom. The molecule has 4 rings (SSSR count). The zero-order chi connectivity index (χ0) is 16.6. The van der Waals surface area contributed by atoms with E-state index in [9.17, 15) is 4.79 Å². The number of amides is 1. The van der Waals surface area contributed by atoms with Gasteiger partial charge in [0.15, 0.2) is 0 Å². The summed E-state index contributed by atoms with van der Waals surface area (Å²) < 4.78 is 0. The van der Waals surface area contributed by atoms with E-state index in [1.54, 1.807) is 5.51 Å². The number of rotatable bonds is 3. The third-order valence-corrected chi connectivity index (χ3v) is 6.15. The van der Waals surface area contributed by atoms with E-state index in [0.29, 0.717) is 11.1 Å². The zero-order valence-corrected chi connectivity index (χ0v) is 14.9. The van der Waals surface area contributed by atoms with Crippen molar-refractivity contribution in [3.8, 4) is 0 Å². The molecule has 24 heavy (non-hydrogen) atoms. The predicted octanol–water partition coefficient (Wildman–Crippen LogP) is 3.19. The molecule has 5 heteroatoms. The molecule has 3 heterocycles. The van der Waals surface area contributed by atoms with Crippen LogP contribution in [0.5, 0.6) is 0 Å². The molecule has 2 aromatic rings. The lowest BCUT2D eigenvalue weighted by Crippen LogP contribution is -2.61. The number of thiazole rings is 1. The minimum absolute atomic E-state index is 0.101. The van der Waals surface area contributed by atoms with Crippen LogP contribution >= 0.6 is 11.3 Å². The highest BCUT2D eigenvalue weighted by atomic mass is 32.1.